The van der Waals surface area contributed by atoms with Gasteiger partial charge in [-0.2, -0.15) is 9.57 Å². The topological polar surface area (TPSA) is 90.6 Å². The Balaban J connectivity index is 2.64. The zero-order chi connectivity index (χ0) is 16.7. The summed E-state index contributed by atoms with van der Waals surface area (Å²) in [5, 5.41) is 19.7. The molecule has 1 N–H and O–H groups in total. The lowest BCUT2D eigenvalue weighted by Crippen LogP contribution is -2.54. The van der Waals surface area contributed by atoms with Gasteiger partial charge in [0.25, 0.3) is 0 Å². The molecule has 0 aromatic heterocycles. The molecule has 2 atom stereocenters. The monoisotopic (exact) mass is 324 g/mol. The number of nitriles is 1. The van der Waals surface area contributed by atoms with Crippen molar-refractivity contribution in [2.45, 2.75) is 38.5 Å². The van der Waals surface area contributed by atoms with Crippen LogP contribution in [-0.2, 0) is 10.0 Å². The Labute approximate surface area is 131 Å². The van der Waals surface area contributed by atoms with E-state index in [1.54, 1.807) is 39.0 Å². The molecule has 1 aromatic rings. The molecule has 1 aliphatic heterocycles. The van der Waals surface area contributed by atoms with E-state index in [0.29, 0.717) is 16.9 Å². The summed E-state index contributed by atoms with van der Waals surface area (Å²) < 4.78 is 31.4. The first-order chi connectivity index (χ1) is 10.1. The molecular formula is C15H20N2O4S. The molecule has 7 heteroatoms. The summed E-state index contributed by atoms with van der Waals surface area (Å²) in [6.45, 7) is 4.96. The van der Waals surface area contributed by atoms with E-state index in [4.69, 9.17) is 10.00 Å². The van der Waals surface area contributed by atoms with Crippen molar-refractivity contribution >= 4 is 10.0 Å². The van der Waals surface area contributed by atoms with Crippen LogP contribution >= 0.6 is 0 Å². The average Bonchev–Trinajstić information content (AvgIpc) is 2.47. The summed E-state index contributed by atoms with van der Waals surface area (Å²) in [4.78, 5) is 0. The third-order valence-corrected chi connectivity index (χ3v) is 5.87. The minimum Gasteiger partial charge on any atom is -0.485 e. The summed E-state index contributed by atoms with van der Waals surface area (Å²) in [7, 11) is -2.07. The average molecular weight is 324 g/mol. The lowest BCUT2D eigenvalue weighted by Gasteiger charge is -2.44. The number of sulfonamides is 1. The molecule has 0 saturated heterocycles. The Kier molecular flexibility index (Phi) is 4.22. The van der Waals surface area contributed by atoms with Crippen molar-refractivity contribution in [2.24, 2.45) is 0 Å². The Bertz CT molecular complexity index is 722. The quantitative estimate of drug-likeness (QED) is 0.908. The van der Waals surface area contributed by atoms with Crippen LogP contribution in [0.3, 0.4) is 0 Å². The van der Waals surface area contributed by atoms with Crippen LogP contribution in [-0.4, -0.2) is 42.3 Å². The third-order valence-electron chi connectivity index (χ3n) is 4.04. The van der Waals surface area contributed by atoms with Crippen molar-refractivity contribution < 1.29 is 18.3 Å². The number of fused-ring (bicyclic) bond motifs is 1. The van der Waals surface area contributed by atoms with Crippen LogP contribution in [0.25, 0.3) is 0 Å². The van der Waals surface area contributed by atoms with Crippen LogP contribution in [0.1, 0.15) is 37.9 Å². The van der Waals surface area contributed by atoms with Crippen LogP contribution in [0.2, 0.25) is 0 Å². The molecule has 6 nitrogen and oxygen atoms in total. The number of nitrogens with zero attached hydrogens (tertiary/aromatic N) is 2. The van der Waals surface area contributed by atoms with Gasteiger partial charge < -0.3 is 9.84 Å². The lowest BCUT2D eigenvalue weighted by atomic mass is 9.86. The van der Waals surface area contributed by atoms with Gasteiger partial charge in [-0.05, 0) is 39.0 Å². The molecule has 0 bridgehead atoms. The van der Waals surface area contributed by atoms with Crippen LogP contribution in [0.5, 0.6) is 5.75 Å². The highest BCUT2D eigenvalue weighted by Gasteiger charge is 2.47. The maximum atomic E-state index is 12.2. The molecule has 0 spiro atoms. The second kappa shape index (κ2) is 5.54. The fourth-order valence-electron chi connectivity index (χ4n) is 2.61. The fraction of sp³-hybridized carbons (Fsp3) is 0.533. The Morgan fingerprint density at radius 3 is 2.64 bits per heavy atom. The molecule has 0 saturated carbocycles. The van der Waals surface area contributed by atoms with Gasteiger partial charge >= 0.3 is 0 Å². The molecule has 1 aromatic carbocycles. The zero-order valence-electron chi connectivity index (χ0n) is 13.1. The molecule has 1 unspecified atom stereocenters. The molecule has 0 radical (unpaired) electrons. The predicted octanol–water partition coefficient (Wildman–Crippen LogP) is 1.41. The van der Waals surface area contributed by atoms with Crippen molar-refractivity contribution in [3.8, 4) is 11.8 Å². The summed E-state index contributed by atoms with van der Waals surface area (Å²) in [6, 6.07) is 6.04. The number of likely N-dealkylation sites (N-methyl/N-ethyl adjacent to an activating group) is 1. The number of ether oxygens (including phenoxy) is 1. The zero-order valence-corrected chi connectivity index (χ0v) is 13.9. The maximum Gasteiger partial charge on any atom is 0.214 e. The SMILES string of the molecule is CCS(=O)(=O)N(C)C1c2cc(C#N)ccc2OC(C)(C)[C@@H]1O. The Morgan fingerprint density at radius 1 is 1.45 bits per heavy atom. The van der Waals surface area contributed by atoms with E-state index in [-0.39, 0.29) is 5.75 Å². The molecule has 2 rings (SSSR count). The van der Waals surface area contributed by atoms with E-state index in [9.17, 15) is 13.5 Å². The molecule has 1 heterocycles. The van der Waals surface area contributed by atoms with E-state index >= 15 is 0 Å². The van der Waals surface area contributed by atoms with Crippen LogP contribution in [0, 0.1) is 11.3 Å². The van der Waals surface area contributed by atoms with E-state index in [1.165, 1.54) is 11.4 Å². The van der Waals surface area contributed by atoms with Gasteiger partial charge in [0.1, 0.15) is 17.5 Å². The van der Waals surface area contributed by atoms with Crippen molar-refractivity contribution in [1.29, 1.82) is 5.26 Å². The van der Waals surface area contributed by atoms with Crippen molar-refractivity contribution in [2.75, 3.05) is 12.8 Å². The largest absolute Gasteiger partial charge is 0.485 e. The number of rotatable bonds is 3. The number of aliphatic hydroxyl groups is 1. The molecule has 0 amide bonds. The van der Waals surface area contributed by atoms with Gasteiger partial charge in [0.2, 0.25) is 10.0 Å². The first-order valence-corrected chi connectivity index (χ1v) is 8.62. The predicted molar refractivity (Wildman–Crippen MR) is 81.8 cm³/mol. The van der Waals surface area contributed by atoms with Crippen molar-refractivity contribution in [3.05, 3.63) is 29.3 Å². The summed E-state index contributed by atoms with van der Waals surface area (Å²) in [5.41, 5.74) is -0.0458. The molecule has 1 aliphatic rings. The highest BCUT2D eigenvalue weighted by Crippen LogP contribution is 2.43. The second-order valence-corrected chi connectivity index (χ2v) is 8.19. The molecule has 22 heavy (non-hydrogen) atoms. The van der Waals surface area contributed by atoms with E-state index in [0.717, 1.165) is 0 Å². The first-order valence-electron chi connectivity index (χ1n) is 7.01. The number of benzene rings is 1. The molecule has 120 valence electrons. The van der Waals surface area contributed by atoms with Gasteiger partial charge in [-0.3, -0.25) is 0 Å². The van der Waals surface area contributed by atoms with Gasteiger partial charge in [-0.1, -0.05) is 0 Å². The van der Waals surface area contributed by atoms with Crippen LogP contribution in [0.15, 0.2) is 18.2 Å². The lowest BCUT2D eigenvalue weighted by molar-refractivity contribution is -0.0763. The standard InChI is InChI=1S/C15H20N2O4S/c1-5-22(19,20)17(4)13-11-8-10(9-16)6-7-12(11)21-15(2,3)14(13)18/h6-8,13-14,18H,5H2,1-4H3/t13?,14-/m1/s1. The van der Waals surface area contributed by atoms with Gasteiger partial charge in [0, 0.05) is 12.6 Å². The number of hydrogen-bond donors (Lipinski definition) is 1. The van der Waals surface area contributed by atoms with Crippen LogP contribution in [0.4, 0.5) is 0 Å². The van der Waals surface area contributed by atoms with E-state index in [2.05, 4.69) is 0 Å². The number of aliphatic hydroxyl groups excluding tert-OH is 1. The second-order valence-electron chi connectivity index (χ2n) is 5.88. The summed E-state index contributed by atoms with van der Waals surface area (Å²) >= 11 is 0. The fourth-order valence-corrected chi connectivity index (χ4v) is 3.59. The Hall–Kier alpha value is -1.62. The third kappa shape index (κ3) is 2.70. The van der Waals surface area contributed by atoms with Gasteiger partial charge in [0.05, 0.1) is 23.4 Å². The smallest absolute Gasteiger partial charge is 0.214 e. The van der Waals surface area contributed by atoms with Gasteiger partial charge in [-0.25, -0.2) is 8.42 Å². The minimum atomic E-state index is -3.51. The molecule has 0 fully saturated rings. The van der Waals surface area contributed by atoms with Crippen molar-refractivity contribution in [3.63, 3.8) is 0 Å². The highest BCUT2D eigenvalue weighted by molar-refractivity contribution is 7.89. The summed E-state index contributed by atoms with van der Waals surface area (Å²) in [5.74, 6) is 0.416. The highest BCUT2D eigenvalue weighted by atomic mass is 32.2. The van der Waals surface area contributed by atoms with E-state index < -0.39 is 27.8 Å². The molecule has 0 aliphatic carbocycles. The Morgan fingerprint density at radius 2 is 2.09 bits per heavy atom. The van der Waals surface area contributed by atoms with Gasteiger partial charge in [0.15, 0.2) is 0 Å². The van der Waals surface area contributed by atoms with E-state index in [1.807, 2.05) is 6.07 Å². The first kappa shape index (κ1) is 16.7. The normalized spacial score (nSPS) is 23.5. The summed E-state index contributed by atoms with van der Waals surface area (Å²) in [6.07, 6.45) is -1.06. The van der Waals surface area contributed by atoms with Gasteiger partial charge in [-0.15, -0.1) is 0 Å². The minimum absolute atomic E-state index is 0.0682. The molecular weight excluding hydrogens is 304 g/mol. The number of hydrogen-bond acceptors (Lipinski definition) is 5. The van der Waals surface area contributed by atoms with Crippen molar-refractivity contribution in [1.82, 2.24) is 4.31 Å². The van der Waals surface area contributed by atoms with Crippen LogP contribution < -0.4 is 4.74 Å². The maximum absolute atomic E-state index is 12.2.